The number of likely N-dealkylation sites (tertiary alicyclic amines) is 1. The molecular weight excluding hydrogens is 288 g/mol. The molecule has 1 amide bonds. The normalized spacial score (nSPS) is 23.0. The van der Waals surface area contributed by atoms with Crippen LogP contribution in [0.2, 0.25) is 0 Å². The lowest BCUT2D eigenvalue weighted by molar-refractivity contribution is 0.0500. The quantitative estimate of drug-likeness (QED) is 0.849. The maximum atomic E-state index is 12.5. The molecule has 1 aromatic rings. The van der Waals surface area contributed by atoms with Gasteiger partial charge in [0.15, 0.2) is 0 Å². The molecule has 5 nitrogen and oxygen atoms in total. The number of carbonyl (C=O) groups excluding carboxylic acids is 1. The standard InChI is InChI=1S/C18H28N4O/c1-15(21-13-11-20(2)12-14-21)16-5-9-22(10-6-16)18(23)17-3-7-19-8-4-17/h3-4,7-8,15-16H,5-6,9-14H2,1-2H3/t15-/m1/s1. The van der Waals surface area contributed by atoms with Crippen LogP contribution in [-0.4, -0.2) is 77.9 Å². The molecule has 1 aromatic heterocycles. The fraction of sp³-hybridized carbons (Fsp3) is 0.667. The van der Waals surface area contributed by atoms with E-state index in [1.54, 1.807) is 24.5 Å². The van der Waals surface area contributed by atoms with Gasteiger partial charge in [0.2, 0.25) is 0 Å². The largest absolute Gasteiger partial charge is 0.339 e. The Balaban J connectivity index is 1.51. The van der Waals surface area contributed by atoms with E-state index in [2.05, 4.69) is 28.8 Å². The molecule has 126 valence electrons. The maximum absolute atomic E-state index is 12.5. The molecule has 0 bridgehead atoms. The molecule has 0 saturated carbocycles. The summed E-state index contributed by atoms with van der Waals surface area (Å²) in [5.41, 5.74) is 0.755. The molecule has 2 aliphatic heterocycles. The molecular formula is C18H28N4O. The highest BCUT2D eigenvalue weighted by Crippen LogP contribution is 2.25. The van der Waals surface area contributed by atoms with Gasteiger partial charge in [0.25, 0.3) is 5.91 Å². The topological polar surface area (TPSA) is 39.7 Å². The second kappa shape index (κ2) is 7.41. The minimum atomic E-state index is 0.151. The fourth-order valence-electron chi connectivity index (χ4n) is 3.79. The lowest BCUT2D eigenvalue weighted by Gasteiger charge is -2.42. The van der Waals surface area contributed by atoms with E-state index >= 15 is 0 Å². The Labute approximate surface area is 139 Å². The maximum Gasteiger partial charge on any atom is 0.253 e. The summed E-state index contributed by atoms with van der Waals surface area (Å²) < 4.78 is 0. The van der Waals surface area contributed by atoms with E-state index in [9.17, 15) is 4.79 Å². The van der Waals surface area contributed by atoms with Gasteiger partial charge in [0, 0.05) is 63.3 Å². The van der Waals surface area contributed by atoms with Gasteiger partial charge in [-0.2, -0.15) is 0 Å². The molecule has 1 atom stereocenters. The number of nitrogens with zero attached hydrogens (tertiary/aromatic N) is 4. The van der Waals surface area contributed by atoms with E-state index in [0.717, 1.165) is 31.5 Å². The molecule has 2 fully saturated rings. The third-order valence-corrected chi connectivity index (χ3v) is 5.55. The van der Waals surface area contributed by atoms with Crippen LogP contribution in [0.4, 0.5) is 0 Å². The number of piperazine rings is 1. The van der Waals surface area contributed by atoms with Crippen LogP contribution in [0.3, 0.4) is 0 Å². The molecule has 0 aromatic carbocycles. The van der Waals surface area contributed by atoms with E-state index in [4.69, 9.17) is 0 Å². The molecule has 2 aliphatic rings. The number of piperidine rings is 1. The highest BCUT2D eigenvalue weighted by molar-refractivity contribution is 5.94. The van der Waals surface area contributed by atoms with Crippen molar-refractivity contribution in [3.8, 4) is 0 Å². The summed E-state index contributed by atoms with van der Waals surface area (Å²) in [7, 11) is 2.20. The average molecular weight is 316 g/mol. The lowest BCUT2D eigenvalue weighted by Crippen LogP contribution is -2.52. The number of rotatable bonds is 3. The number of aromatic nitrogens is 1. The Morgan fingerprint density at radius 2 is 1.70 bits per heavy atom. The smallest absolute Gasteiger partial charge is 0.253 e. The number of pyridine rings is 1. The van der Waals surface area contributed by atoms with E-state index in [-0.39, 0.29) is 5.91 Å². The summed E-state index contributed by atoms with van der Waals surface area (Å²) in [5, 5.41) is 0. The number of carbonyl (C=O) groups is 1. The van der Waals surface area contributed by atoms with Gasteiger partial charge in [-0.1, -0.05) is 0 Å². The molecule has 0 radical (unpaired) electrons. The first-order valence-corrected chi connectivity index (χ1v) is 8.77. The first kappa shape index (κ1) is 16.4. The summed E-state index contributed by atoms with van der Waals surface area (Å²) in [5.74, 6) is 0.859. The van der Waals surface area contributed by atoms with E-state index in [0.29, 0.717) is 12.0 Å². The molecule has 0 spiro atoms. The summed E-state index contributed by atoms with van der Waals surface area (Å²) in [4.78, 5) is 23.5. The first-order valence-electron chi connectivity index (χ1n) is 8.77. The Hall–Kier alpha value is -1.46. The Morgan fingerprint density at radius 1 is 1.09 bits per heavy atom. The predicted octanol–water partition coefficient (Wildman–Crippen LogP) is 1.57. The van der Waals surface area contributed by atoms with Crippen molar-refractivity contribution in [3.05, 3.63) is 30.1 Å². The van der Waals surface area contributed by atoms with Crippen molar-refractivity contribution >= 4 is 5.91 Å². The highest BCUT2D eigenvalue weighted by atomic mass is 16.2. The Morgan fingerprint density at radius 3 is 2.30 bits per heavy atom. The zero-order chi connectivity index (χ0) is 16.2. The molecule has 0 N–H and O–H groups in total. The summed E-state index contributed by atoms with van der Waals surface area (Å²) >= 11 is 0. The molecule has 23 heavy (non-hydrogen) atoms. The van der Waals surface area contributed by atoms with Crippen molar-refractivity contribution in [2.24, 2.45) is 5.92 Å². The monoisotopic (exact) mass is 316 g/mol. The van der Waals surface area contributed by atoms with Gasteiger partial charge in [-0.05, 0) is 44.9 Å². The van der Waals surface area contributed by atoms with Crippen molar-refractivity contribution in [2.45, 2.75) is 25.8 Å². The minimum absolute atomic E-state index is 0.151. The summed E-state index contributed by atoms with van der Waals surface area (Å²) in [6, 6.07) is 4.24. The highest BCUT2D eigenvalue weighted by Gasteiger charge is 2.30. The van der Waals surface area contributed by atoms with Crippen LogP contribution in [0, 0.1) is 5.92 Å². The van der Waals surface area contributed by atoms with Gasteiger partial charge in [0.1, 0.15) is 0 Å². The average Bonchev–Trinajstić information content (AvgIpc) is 2.62. The Bertz CT molecular complexity index is 505. The first-order chi connectivity index (χ1) is 11.1. The molecule has 2 saturated heterocycles. The second-order valence-corrected chi connectivity index (χ2v) is 6.95. The second-order valence-electron chi connectivity index (χ2n) is 6.95. The zero-order valence-electron chi connectivity index (χ0n) is 14.3. The van der Waals surface area contributed by atoms with Crippen LogP contribution >= 0.6 is 0 Å². The van der Waals surface area contributed by atoms with E-state index in [1.807, 2.05) is 4.90 Å². The van der Waals surface area contributed by atoms with Crippen LogP contribution in [0.5, 0.6) is 0 Å². The van der Waals surface area contributed by atoms with Gasteiger partial charge in [-0.25, -0.2) is 0 Å². The van der Waals surface area contributed by atoms with Crippen molar-refractivity contribution in [3.63, 3.8) is 0 Å². The van der Waals surface area contributed by atoms with Crippen molar-refractivity contribution in [2.75, 3.05) is 46.3 Å². The van der Waals surface area contributed by atoms with E-state index in [1.165, 1.54) is 26.2 Å². The number of amides is 1. The SMILES string of the molecule is C[C@H](C1CCN(C(=O)c2ccncc2)CC1)N1CCN(C)CC1. The minimum Gasteiger partial charge on any atom is -0.339 e. The van der Waals surface area contributed by atoms with Crippen molar-refractivity contribution in [1.82, 2.24) is 19.7 Å². The van der Waals surface area contributed by atoms with Crippen LogP contribution < -0.4 is 0 Å². The molecule has 3 rings (SSSR count). The molecule has 0 unspecified atom stereocenters. The molecule has 3 heterocycles. The summed E-state index contributed by atoms with van der Waals surface area (Å²) in [6.07, 6.45) is 5.61. The fourth-order valence-corrected chi connectivity index (χ4v) is 3.79. The van der Waals surface area contributed by atoms with Crippen LogP contribution in [0.15, 0.2) is 24.5 Å². The predicted molar refractivity (Wildman–Crippen MR) is 91.4 cm³/mol. The molecule has 5 heteroatoms. The van der Waals surface area contributed by atoms with Gasteiger partial charge >= 0.3 is 0 Å². The van der Waals surface area contributed by atoms with Gasteiger partial charge in [-0.15, -0.1) is 0 Å². The van der Waals surface area contributed by atoms with E-state index < -0.39 is 0 Å². The third-order valence-electron chi connectivity index (χ3n) is 5.55. The third kappa shape index (κ3) is 3.90. The van der Waals surface area contributed by atoms with Gasteiger partial charge < -0.3 is 9.80 Å². The number of hydrogen-bond acceptors (Lipinski definition) is 4. The van der Waals surface area contributed by atoms with Crippen LogP contribution in [0.1, 0.15) is 30.1 Å². The van der Waals surface area contributed by atoms with Crippen LogP contribution in [0.25, 0.3) is 0 Å². The molecule has 0 aliphatic carbocycles. The number of hydrogen-bond donors (Lipinski definition) is 0. The Kier molecular flexibility index (Phi) is 5.28. The van der Waals surface area contributed by atoms with Crippen molar-refractivity contribution < 1.29 is 4.79 Å². The van der Waals surface area contributed by atoms with Gasteiger partial charge in [-0.3, -0.25) is 14.7 Å². The lowest BCUT2D eigenvalue weighted by atomic mass is 9.89. The van der Waals surface area contributed by atoms with Crippen LogP contribution in [-0.2, 0) is 0 Å². The van der Waals surface area contributed by atoms with Crippen molar-refractivity contribution in [1.29, 1.82) is 0 Å². The zero-order valence-corrected chi connectivity index (χ0v) is 14.3. The summed E-state index contributed by atoms with van der Waals surface area (Å²) in [6.45, 7) is 8.82. The number of likely N-dealkylation sites (N-methyl/N-ethyl adjacent to an activating group) is 1. The van der Waals surface area contributed by atoms with Gasteiger partial charge in [0.05, 0.1) is 0 Å².